The van der Waals surface area contributed by atoms with Crippen LogP contribution in [0.15, 0.2) is 30.6 Å². The molecule has 0 unspecified atom stereocenters. The number of aryl methyl sites for hydroxylation is 1. The van der Waals surface area contributed by atoms with Crippen LogP contribution >= 0.6 is 0 Å². The van der Waals surface area contributed by atoms with Crippen molar-refractivity contribution in [1.82, 2.24) is 9.78 Å². The standard InChI is InChI=1S/C17H21N3O/c1-17(2,3)15-7-5-6-12-10-20(16(21)8-14(12)15)13-9-18-19(4)11-13/h5-7,9,11H,8,10H2,1-4H3. The molecule has 1 aliphatic heterocycles. The van der Waals surface area contributed by atoms with Gasteiger partial charge in [0.25, 0.3) is 0 Å². The maximum atomic E-state index is 12.5. The van der Waals surface area contributed by atoms with Gasteiger partial charge in [-0.15, -0.1) is 0 Å². The van der Waals surface area contributed by atoms with Gasteiger partial charge in [-0.2, -0.15) is 5.10 Å². The molecule has 0 atom stereocenters. The summed E-state index contributed by atoms with van der Waals surface area (Å²) in [5, 5.41) is 4.16. The zero-order valence-electron chi connectivity index (χ0n) is 13.1. The third kappa shape index (κ3) is 2.46. The van der Waals surface area contributed by atoms with Crippen molar-refractivity contribution in [3.8, 4) is 0 Å². The number of aromatic nitrogens is 2. The zero-order valence-corrected chi connectivity index (χ0v) is 13.1. The van der Waals surface area contributed by atoms with Crippen molar-refractivity contribution in [1.29, 1.82) is 0 Å². The first kappa shape index (κ1) is 13.9. The number of fused-ring (bicyclic) bond motifs is 1. The number of benzene rings is 1. The topological polar surface area (TPSA) is 38.1 Å². The second-order valence-corrected chi connectivity index (χ2v) is 6.72. The highest BCUT2D eigenvalue weighted by Crippen LogP contribution is 2.33. The molecule has 2 aromatic rings. The first-order valence-electron chi connectivity index (χ1n) is 7.26. The van der Waals surface area contributed by atoms with Crippen molar-refractivity contribution in [3.63, 3.8) is 0 Å². The number of anilines is 1. The van der Waals surface area contributed by atoms with Crippen molar-refractivity contribution in [2.45, 2.75) is 39.2 Å². The average molecular weight is 283 g/mol. The molecule has 21 heavy (non-hydrogen) atoms. The molecule has 0 saturated heterocycles. The van der Waals surface area contributed by atoms with E-state index in [1.807, 2.05) is 18.1 Å². The molecule has 3 rings (SSSR count). The molecule has 4 nitrogen and oxygen atoms in total. The Morgan fingerprint density at radius 1 is 1.24 bits per heavy atom. The predicted octanol–water partition coefficient (Wildman–Crippen LogP) is 2.81. The van der Waals surface area contributed by atoms with Crippen LogP contribution in [0.25, 0.3) is 0 Å². The van der Waals surface area contributed by atoms with Gasteiger partial charge in [0.1, 0.15) is 0 Å². The van der Waals surface area contributed by atoms with E-state index >= 15 is 0 Å². The van der Waals surface area contributed by atoms with Gasteiger partial charge in [0.2, 0.25) is 5.91 Å². The van der Waals surface area contributed by atoms with Crippen LogP contribution in [-0.2, 0) is 30.2 Å². The summed E-state index contributed by atoms with van der Waals surface area (Å²) in [4.78, 5) is 14.4. The number of hydrogen-bond acceptors (Lipinski definition) is 2. The van der Waals surface area contributed by atoms with Gasteiger partial charge in [-0.1, -0.05) is 39.0 Å². The largest absolute Gasteiger partial charge is 0.305 e. The van der Waals surface area contributed by atoms with Gasteiger partial charge in [-0.3, -0.25) is 9.48 Å². The van der Waals surface area contributed by atoms with E-state index in [1.165, 1.54) is 16.7 Å². The highest BCUT2D eigenvalue weighted by molar-refractivity contribution is 5.96. The molecule has 1 amide bonds. The van der Waals surface area contributed by atoms with Gasteiger partial charge < -0.3 is 4.90 Å². The Hall–Kier alpha value is -2.10. The number of rotatable bonds is 1. The van der Waals surface area contributed by atoms with E-state index in [0.717, 1.165) is 5.69 Å². The summed E-state index contributed by atoms with van der Waals surface area (Å²) in [5.41, 5.74) is 4.65. The molecule has 2 heterocycles. The normalized spacial score (nSPS) is 15.2. The quantitative estimate of drug-likeness (QED) is 0.807. The van der Waals surface area contributed by atoms with Crippen LogP contribution in [0, 0.1) is 0 Å². The third-order valence-corrected chi connectivity index (χ3v) is 4.04. The van der Waals surface area contributed by atoms with Crippen LogP contribution in [0.2, 0.25) is 0 Å². The maximum Gasteiger partial charge on any atom is 0.231 e. The van der Waals surface area contributed by atoms with Gasteiger partial charge in [0, 0.05) is 13.2 Å². The fourth-order valence-electron chi connectivity index (χ4n) is 2.98. The van der Waals surface area contributed by atoms with E-state index in [-0.39, 0.29) is 11.3 Å². The SMILES string of the molecule is Cn1cc(N2Cc3cccc(C(C)(C)C)c3CC2=O)cn1. The fourth-order valence-corrected chi connectivity index (χ4v) is 2.98. The van der Waals surface area contributed by atoms with E-state index in [4.69, 9.17) is 0 Å². The van der Waals surface area contributed by atoms with Crippen molar-refractivity contribution >= 4 is 11.6 Å². The van der Waals surface area contributed by atoms with Crippen LogP contribution in [0.4, 0.5) is 5.69 Å². The fraction of sp³-hybridized carbons (Fsp3) is 0.412. The van der Waals surface area contributed by atoms with E-state index in [0.29, 0.717) is 13.0 Å². The van der Waals surface area contributed by atoms with Crippen molar-refractivity contribution in [2.75, 3.05) is 4.90 Å². The molecule has 0 fully saturated rings. The average Bonchev–Trinajstić information content (AvgIpc) is 2.82. The highest BCUT2D eigenvalue weighted by atomic mass is 16.2. The maximum absolute atomic E-state index is 12.5. The van der Waals surface area contributed by atoms with Crippen molar-refractivity contribution < 1.29 is 4.79 Å². The van der Waals surface area contributed by atoms with Gasteiger partial charge in [0.05, 0.1) is 24.8 Å². The summed E-state index contributed by atoms with van der Waals surface area (Å²) in [7, 11) is 1.86. The van der Waals surface area contributed by atoms with Crippen LogP contribution in [0.5, 0.6) is 0 Å². The van der Waals surface area contributed by atoms with Crippen LogP contribution in [0.3, 0.4) is 0 Å². The lowest BCUT2D eigenvalue weighted by molar-refractivity contribution is -0.118. The molecule has 1 aromatic heterocycles. The lowest BCUT2D eigenvalue weighted by atomic mass is 9.80. The lowest BCUT2D eigenvalue weighted by Crippen LogP contribution is -2.37. The zero-order chi connectivity index (χ0) is 15.2. The lowest BCUT2D eigenvalue weighted by Gasteiger charge is -2.32. The van der Waals surface area contributed by atoms with Gasteiger partial charge in [-0.05, 0) is 22.1 Å². The molecule has 0 bridgehead atoms. The Bertz CT molecular complexity index is 694. The van der Waals surface area contributed by atoms with Gasteiger partial charge >= 0.3 is 0 Å². The molecule has 0 spiro atoms. The second kappa shape index (κ2) is 4.72. The van der Waals surface area contributed by atoms with E-state index < -0.39 is 0 Å². The predicted molar refractivity (Wildman–Crippen MR) is 83.2 cm³/mol. The summed E-state index contributed by atoms with van der Waals surface area (Å²) in [6.45, 7) is 7.21. The number of hydrogen-bond donors (Lipinski definition) is 0. The second-order valence-electron chi connectivity index (χ2n) is 6.72. The molecule has 1 aromatic carbocycles. The molecular formula is C17H21N3O. The Morgan fingerprint density at radius 3 is 2.62 bits per heavy atom. The van der Waals surface area contributed by atoms with Crippen LogP contribution < -0.4 is 4.90 Å². The number of carbonyl (C=O) groups is 1. The van der Waals surface area contributed by atoms with Crippen LogP contribution in [0.1, 0.15) is 37.5 Å². The first-order chi connectivity index (χ1) is 9.86. The molecule has 110 valence electrons. The van der Waals surface area contributed by atoms with Gasteiger partial charge in [-0.25, -0.2) is 0 Å². The summed E-state index contributed by atoms with van der Waals surface area (Å²) >= 11 is 0. The molecule has 0 saturated carbocycles. The number of carbonyl (C=O) groups excluding carboxylic acids is 1. The summed E-state index contributed by atoms with van der Waals surface area (Å²) in [6.07, 6.45) is 4.10. The molecule has 4 heteroatoms. The molecule has 0 aliphatic carbocycles. The van der Waals surface area contributed by atoms with E-state index in [1.54, 1.807) is 10.9 Å². The molecular weight excluding hydrogens is 262 g/mol. The Labute approximate surface area is 125 Å². The Balaban J connectivity index is 2.02. The molecule has 1 aliphatic rings. The summed E-state index contributed by atoms with van der Waals surface area (Å²) in [5.74, 6) is 0.146. The minimum absolute atomic E-state index is 0.0576. The van der Waals surface area contributed by atoms with Crippen molar-refractivity contribution in [2.24, 2.45) is 7.05 Å². The summed E-state index contributed by atoms with van der Waals surface area (Å²) in [6, 6.07) is 6.36. The van der Waals surface area contributed by atoms with Crippen LogP contribution in [-0.4, -0.2) is 15.7 Å². The minimum atomic E-state index is 0.0576. The monoisotopic (exact) mass is 283 g/mol. The van der Waals surface area contributed by atoms with Crippen molar-refractivity contribution in [3.05, 3.63) is 47.3 Å². The van der Waals surface area contributed by atoms with Gasteiger partial charge in [0.15, 0.2) is 0 Å². The molecule has 0 N–H and O–H groups in total. The Morgan fingerprint density at radius 2 is 2.00 bits per heavy atom. The highest BCUT2D eigenvalue weighted by Gasteiger charge is 2.29. The number of nitrogens with zero attached hydrogens (tertiary/aromatic N) is 3. The third-order valence-electron chi connectivity index (χ3n) is 4.04. The minimum Gasteiger partial charge on any atom is -0.305 e. The van der Waals surface area contributed by atoms with E-state index in [2.05, 4.69) is 44.1 Å². The smallest absolute Gasteiger partial charge is 0.231 e. The molecule has 0 radical (unpaired) electrons. The van der Waals surface area contributed by atoms with E-state index in [9.17, 15) is 4.79 Å². The summed E-state index contributed by atoms with van der Waals surface area (Å²) < 4.78 is 1.73. The Kier molecular flexibility index (Phi) is 3.12. The first-order valence-corrected chi connectivity index (χ1v) is 7.26. The number of amides is 1.